The van der Waals surface area contributed by atoms with Crippen molar-refractivity contribution in [3.05, 3.63) is 142 Å². The molecule has 4 aliphatic rings. The molecule has 84 heavy (non-hydrogen) atoms. The number of imide groups is 1. The molecular weight excluding hydrogens is 1100 g/mol. The van der Waals surface area contributed by atoms with Gasteiger partial charge in [0.25, 0.3) is 11.4 Å². The fraction of sp³-hybridized carbons (Fsp3) is 0.390. The maximum Gasteiger partial charge on any atom is 0.396 e. The average Bonchev–Trinajstić information content (AvgIpc) is 3.38. The molecule has 10 rings (SSSR count). The summed E-state index contributed by atoms with van der Waals surface area (Å²) in [5.74, 6) is -4.32. The molecule has 24 nitrogen and oxygen atoms in total. The summed E-state index contributed by atoms with van der Waals surface area (Å²) in [6.07, 6.45) is 2.99. The molecule has 440 valence electrons. The number of likely N-dealkylation sites (tertiary alicyclic amines) is 1. The van der Waals surface area contributed by atoms with Crippen molar-refractivity contribution in [2.45, 2.75) is 100 Å². The van der Waals surface area contributed by atoms with Crippen molar-refractivity contribution in [3.8, 4) is 0 Å². The van der Waals surface area contributed by atoms with E-state index in [2.05, 4.69) is 26.3 Å². The van der Waals surface area contributed by atoms with Crippen molar-refractivity contribution in [2.75, 3.05) is 32.7 Å². The minimum Gasteiger partial charge on any atom is -0.370 e. The number of aryl methyl sites for hydroxylation is 1. The van der Waals surface area contributed by atoms with Crippen molar-refractivity contribution in [1.29, 1.82) is 0 Å². The normalized spacial score (nSPS) is 20.3. The molecule has 4 aliphatic heterocycles. The van der Waals surface area contributed by atoms with E-state index in [1.54, 1.807) is 11.9 Å². The van der Waals surface area contributed by atoms with Crippen LogP contribution in [0.2, 0.25) is 0 Å². The Bertz CT molecular complexity index is 3640. The minimum absolute atomic E-state index is 0.0186. The van der Waals surface area contributed by atoms with Gasteiger partial charge in [-0.15, -0.1) is 0 Å². The standard InChI is InChI=1S/C59H66N11O13P/c1-66-48-29-35(12-17-45(48)70(59(66)80)47-19-21-50(72)64-56(47)77)28-34-22-25-67(26-23-34)33-51(73)68-27-24-40-14-18-46(55(76)62-42(16-20-49(60)71)53(74)65-52(36-8-4-2-5-9-36)37-10-6-3-7-11-37)69(40)57(78)44(32-68)63-54(75)43-31-39-30-38(13-15-41(39)61-43)58(79)84(81,82)83/h2-13,15,17,29-31,34,40,42,44,46-47,52,61H,14,16,18-28,32-33H2,1H3,(H2,60,71)(H,62,76)(H,63,75)(H,65,74)(H,64,72,77)(H2,81,82,83)/t40-,42+,44+,46+,47?/m1/s1. The summed E-state index contributed by atoms with van der Waals surface area (Å²) in [6.45, 7) is 1.07. The van der Waals surface area contributed by atoms with E-state index in [9.17, 15) is 57.5 Å². The molecule has 0 saturated carbocycles. The predicted molar refractivity (Wildman–Crippen MR) is 305 cm³/mol. The summed E-state index contributed by atoms with van der Waals surface area (Å²) in [6, 6.07) is 23.5. The SMILES string of the molecule is Cn1c(=O)n(C2CCC(=O)NC2=O)c2ccc(CC3CCN(CC(=O)N4CC[C@H]5CC[C@@H](C(=O)N[C@@H](CCC(N)=O)C(=O)NC(c6ccccc6)c6ccccc6)N5C(=O)[C@@H](NC(=O)c5cc6cc(C(=O)P(=O)(O)O)ccc6[nH]5)C4)CC3)cc21. The number of nitrogens with two attached hydrogens (primary N) is 1. The average molecular weight is 1170 g/mol. The molecule has 0 radical (unpaired) electrons. The number of amides is 8. The number of nitrogens with zero attached hydrogens (tertiary/aromatic N) is 5. The molecule has 4 aromatic carbocycles. The Kier molecular flexibility index (Phi) is 17.2. The lowest BCUT2D eigenvalue weighted by atomic mass is 9.90. The molecule has 2 aromatic heterocycles. The number of fused-ring (bicyclic) bond motifs is 3. The molecule has 5 atom stereocenters. The lowest BCUT2D eigenvalue weighted by Crippen LogP contribution is -2.62. The van der Waals surface area contributed by atoms with Crippen LogP contribution < -0.4 is 32.7 Å². The number of carbonyl (C=O) groups excluding carboxylic acids is 9. The largest absolute Gasteiger partial charge is 0.396 e. The van der Waals surface area contributed by atoms with Gasteiger partial charge in [-0.3, -0.25) is 67.1 Å². The highest BCUT2D eigenvalue weighted by Gasteiger charge is 2.46. The molecule has 0 spiro atoms. The van der Waals surface area contributed by atoms with E-state index in [1.165, 1.54) is 38.3 Å². The van der Waals surface area contributed by atoms with Gasteiger partial charge in [-0.25, -0.2) is 4.79 Å². The first-order valence-electron chi connectivity index (χ1n) is 28.1. The van der Waals surface area contributed by atoms with Gasteiger partial charge < -0.3 is 46.3 Å². The van der Waals surface area contributed by atoms with E-state index in [1.807, 2.05) is 83.8 Å². The van der Waals surface area contributed by atoms with Crippen molar-refractivity contribution in [3.63, 3.8) is 0 Å². The fourth-order valence-electron chi connectivity index (χ4n) is 12.2. The summed E-state index contributed by atoms with van der Waals surface area (Å²) >= 11 is 0. The van der Waals surface area contributed by atoms with Gasteiger partial charge in [0.2, 0.25) is 41.4 Å². The summed E-state index contributed by atoms with van der Waals surface area (Å²) in [5, 5.41) is 11.3. The van der Waals surface area contributed by atoms with Crippen LogP contribution in [0, 0.1) is 5.92 Å². The first-order valence-corrected chi connectivity index (χ1v) is 29.7. The van der Waals surface area contributed by atoms with Gasteiger partial charge in [0.15, 0.2) is 0 Å². The number of aromatic amines is 1. The van der Waals surface area contributed by atoms with Crippen LogP contribution >= 0.6 is 7.60 Å². The van der Waals surface area contributed by atoms with E-state index >= 15 is 4.79 Å². The summed E-state index contributed by atoms with van der Waals surface area (Å²) in [4.78, 5) is 162. The number of primary amides is 1. The van der Waals surface area contributed by atoms with Crippen LogP contribution in [-0.4, -0.2) is 148 Å². The van der Waals surface area contributed by atoms with Crippen LogP contribution in [0.25, 0.3) is 21.9 Å². The zero-order valence-electron chi connectivity index (χ0n) is 46.1. The number of imidazole rings is 1. The zero-order valence-corrected chi connectivity index (χ0v) is 47.0. The van der Waals surface area contributed by atoms with Crippen molar-refractivity contribution >= 4 is 82.3 Å². The molecule has 6 aromatic rings. The molecule has 0 bridgehead atoms. The molecule has 8 amide bonds. The second-order valence-corrected chi connectivity index (χ2v) is 23.7. The van der Waals surface area contributed by atoms with E-state index in [4.69, 9.17) is 5.73 Å². The van der Waals surface area contributed by atoms with Gasteiger partial charge in [0.05, 0.1) is 23.6 Å². The van der Waals surface area contributed by atoms with E-state index in [0.717, 1.165) is 29.5 Å². The Balaban J connectivity index is 0.845. The number of H-pyrrole nitrogens is 1. The second kappa shape index (κ2) is 24.7. The van der Waals surface area contributed by atoms with Crippen LogP contribution in [0.4, 0.5) is 0 Å². The number of aromatic nitrogens is 3. The number of piperidine rings is 2. The molecule has 4 fully saturated rings. The minimum atomic E-state index is -5.13. The highest BCUT2D eigenvalue weighted by molar-refractivity contribution is 7.70. The van der Waals surface area contributed by atoms with Crippen LogP contribution in [-0.2, 0) is 51.6 Å². The molecule has 9 N–H and O–H groups in total. The zero-order chi connectivity index (χ0) is 59.6. The summed E-state index contributed by atoms with van der Waals surface area (Å²) in [5.41, 5.74) is 7.59. The number of benzene rings is 4. The van der Waals surface area contributed by atoms with E-state index < -0.39 is 84.8 Å². The summed E-state index contributed by atoms with van der Waals surface area (Å²) in [7, 11) is -3.48. The molecule has 25 heteroatoms. The van der Waals surface area contributed by atoms with E-state index in [0.29, 0.717) is 42.5 Å². The first-order chi connectivity index (χ1) is 40.2. The predicted octanol–water partition coefficient (Wildman–Crippen LogP) is 2.42. The number of nitrogens with one attached hydrogen (secondary N) is 5. The van der Waals surface area contributed by atoms with Crippen LogP contribution in [0.15, 0.2) is 108 Å². The molecule has 6 heterocycles. The Morgan fingerprint density at radius 3 is 2.15 bits per heavy atom. The maximum atomic E-state index is 15.2. The van der Waals surface area contributed by atoms with E-state index in [-0.39, 0.29) is 98.2 Å². The first kappa shape index (κ1) is 58.6. The van der Waals surface area contributed by atoms with Gasteiger partial charge in [0.1, 0.15) is 29.9 Å². The van der Waals surface area contributed by atoms with Crippen LogP contribution in [0.3, 0.4) is 0 Å². The van der Waals surface area contributed by atoms with Crippen LogP contribution in [0.1, 0.15) is 107 Å². The lowest BCUT2D eigenvalue weighted by Gasteiger charge is -2.39. The van der Waals surface area contributed by atoms with Gasteiger partial charge >= 0.3 is 13.3 Å². The molecule has 1 unspecified atom stereocenters. The monoisotopic (exact) mass is 1170 g/mol. The number of carbonyl (C=O) groups is 9. The quantitative estimate of drug-likeness (QED) is 0.0453. The van der Waals surface area contributed by atoms with Gasteiger partial charge in [-0.2, -0.15) is 0 Å². The summed E-state index contributed by atoms with van der Waals surface area (Å²) < 4.78 is 14.7. The highest BCUT2D eigenvalue weighted by Crippen LogP contribution is 2.40. The Morgan fingerprint density at radius 1 is 0.786 bits per heavy atom. The number of hydrogen-bond acceptors (Lipinski definition) is 12. The van der Waals surface area contributed by atoms with Crippen molar-refractivity contribution < 1.29 is 57.5 Å². The Hall–Kier alpha value is -8.57. The fourth-order valence-corrected chi connectivity index (χ4v) is 12.7. The third-order valence-electron chi connectivity index (χ3n) is 16.7. The molecular formula is C59H66N11O13P. The number of hydrogen-bond donors (Lipinski definition) is 8. The Morgan fingerprint density at radius 2 is 1.49 bits per heavy atom. The third-order valence-corrected chi connectivity index (χ3v) is 17.4. The van der Waals surface area contributed by atoms with Gasteiger partial charge in [-0.05, 0) is 123 Å². The second-order valence-electron chi connectivity index (χ2n) is 22.2. The number of rotatable bonds is 18. The third kappa shape index (κ3) is 12.8. The topological polar surface area (TPSA) is 338 Å². The van der Waals surface area contributed by atoms with Crippen molar-refractivity contribution in [1.82, 2.24) is 50.1 Å². The van der Waals surface area contributed by atoms with Crippen molar-refractivity contribution in [2.24, 2.45) is 18.7 Å². The molecule has 0 aliphatic carbocycles. The maximum absolute atomic E-state index is 15.2. The molecule has 4 saturated heterocycles. The highest BCUT2D eigenvalue weighted by atomic mass is 31.2. The lowest BCUT2D eigenvalue weighted by molar-refractivity contribution is -0.146. The Labute approximate surface area is 481 Å². The van der Waals surface area contributed by atoms with Gasteiger partial charge in [0, 0.05) is 55.5 Å². The van der Waals surface area contributed by atoms with Crippen LogP contribution in [0.5, 0.6) is 0 Å². The van der Waals surface area contributed by atoms with Gasteiger partial charge in [-0.1, -0.05) is 66.7 Å². The smallest absolute Gasteiger partial charge is 0.370 e.